The Balaban J connectivity index is 0.00000392. The SMILES string of the molecule is CN=C(NCc1ccc(Cl)cc1Cl)NC1CCN(S(=O)(=O)C(F)(F)F)CC1.I. The number of hydrogen-bond acceptors (Lipinski definition) is 3. The van der Waals surface area contributed by atoms with Gasteiger partial charge >= 0.3 is 15.5 Å². The Kier molecular flexibility index (Phi) is 9.58. The Morgan fingerprint density at radius 3 is 2.39 bits per heavy atom. The van der Waals surface area contributed by atoms with E-state index in [2.05, 4.69) is 15.6 Å². The number of rotatable bonds is 4. The number of nitrogens with one attached hydrogen (secondary N) is 2. The lowest BCUT2D eigenvalue weighted by molar-refractivity contribution is -0.0494. The van der Waals surface area contributed by atoms with E-state index in [9.17, 15) is 21.6 Å². The Labute approximate surface area is 188 Å². The summed E-state index contributed by atoms with van der Waals surface area (Å²) in [7, 11) is -3.72. The van der Waals surface area contributed by atoms with Gasteiger partial charge in [0.25, 0.3) is 0 Å². The second kappa shape index (κ2) is 10.5. The molecule has 0 unspecified atom stereocenters. The summed E-state index contributed by atoms with van der Waals surface area (Å²) in [6.07, 6.45) is 0.468. The van der Waals surface area contributed by atoms with Gasteiger partial charge in [-0.3, -0.25) is 4.99 Å². The van der Waals surface area contributed by atoms with Crippen LogP contribution < -0.4 is 10.6 Å². The molecule has 1 fully saturated rings. The number of benzene rings is 1. The maximum absolute atomic E-state index is 12.6. The molecule has 1 aliphatic rings. The number of aliphatic imine (C=N–C) groups is 1. The lowest BCUT2D eigenvalue weighted by Crippen LogP contribution is -2.51. The maximum atomic E-state index is 12.6. The van der Waals surface area contributed by atoms with Gasteiger partial charge in [-0.2, -0.15) is 17.5 Å². The lowest BCUT2D eigenvalue weighted by Gasteiger charge is -2.32. The lowest BCUT2D eigenvalue weighted by atomic mass is 10.1. The minimum atomic E-state index is -5.28. The number of guanidine groups is 1. The van der Waals surface area contributed by atoms with Gasteiger partial charge in [-0.05, 0) is 30.5 Å². The molecular formula is C15H20Cl2F3IN4O2S. The van der Waals surface area contributed by atoms with Crippen molar-refractivity contribution < 1.29 is 21.6 Å². The van der Waals surface area contributed by atoms with Crippen molar-refractivity contribution in [2.75, 3.05) is 20.1 Å². The van der Waals surface area contributed by atoms with Crippen molar-refractivity contribution >= 4 is 63.2 Å². The summed E-state index contributed by atoms with van der Waals surface area (Å²) in [6.45, 7) is -0.0456. The van der Waals surface area contributed by atoms with Crippen LogP contribution >= 0.6 is 47.2 Å². The molecule has 1 aromatic carbocycles. The third-order valence-corrected chi connectivity index (χ3v) is 6.33. The molecule has 28 heavy (non-hydrogen) atoms. The van der Waals surface area contributed by atoms with Crippen LogP contribution in [-0.2, 0) is 16.6 Å². The highest BCUT2D eigenvalue weighted by molar-refractivity contribution is 14.0. The predicted molar refractivity (Wildman–Crippen MR) is 115 cm³/mol. The fourth-order valence-corrected chi connectivity index (χ4v) is 4.08. The molecule has 0 bridgehead atoms. The van der Waals surface area contributed by atoms with E-state index in [0.717, 1.165) is 5.56 Å². The number of piperidine rings is 1. The molecule has 1 aromatic rings. The first-order valence-electron chi connectivity index (χ1n) is 8.02. The van der Waals surface area contributed by atoms with E-state index in [1.54, 1.807) is 25.2 Å². The van der Waals surface area contributed by atoms with Gasteiger partial charge in [-0.15, -0.1) is 24.0 Å². The predicted octanol–water partition coefficient (Wildman–Crippen LogP) is 3.59. The van der Waals surface area contributed by atoms with Gasteiger partial charge in [-0.1, -0.05) is 29.3 Å². The highest BCUT2D eigenvalue weighted by Gasteiger charge is 2.50. The second-order valence-electron chi connectivity index (χ2n) is 5.93. The minimum absolute atomic E-state index is 0. The van der Waals surface area contributed by atoms with Gasteiger partial charge in [0.1, 0.15) is 0 Å². The summed E-state index contributed by atoms with van der Waals surface area (Å²) in [6, 6.07) is 4.90. The van der Waals surface area contributed by atoms with E-state index in [4.69, 9.17) is 23.2 Å². The maximum Gasteiger partial charge on any atom is 0.511 e. The van der Waals surface area contributed by atoms with E-state index < -0.39 is 15.5 Å². The Hall–Kier alpha value is -0.500. The first kappa shape index (κ1) is 25.5. The van der Waals surface area contributed by atoms with Crippen molar-refractivity contribution in [1.82, 2.24) is 14.9 Å². The summed E-state index contributed by atoms with van der Waals surface area (Å²) in [5.41, 5.74) is -4.47. The van der Waals surface area contributed by atoms with Crippen molar-refractivity contribution in [3.05, 3.63) is 33.8 Å². The molecule has 1 heterocycles. The topological polar surface area (TPSA) is 73.8 Å². The molecular weight excluding hydrogens is 555 g/mol. The van der Waals surface area contributed by atoms with Gasteiger partial charge < -0.3 is 10.6 Å². The van der Waals surface area contributed by atoms with Crippen molar-refractivity contribution in [3.8, 4) is 0 Å². The zero-order chi connectivity index (χ0) is 20.2. The van der Waals surface area contributed by atoms with E-state index in [-0.39, 0.29) is 55.9 Å². The fourth-order valence-electron chi connectivity index (χ4n) is 2.62. The summed E-state index contributed by atoms with van der Waals surface area (Å²) >= 11 is 12.0. The van der Waals surface area contributed by atoms with Crippen LogP contribution in [0.4, 0.5) is 13.2 Å². The van der Waals surface area contributed by atoms with Gasteiger partial charge in [0.15, 0.2) is 5.96 Å². The number of halogens is 6. The van der Waals surface area contributed by atoms with Crippen molar-refractivity contribution in [2.24, 2.45) is 4.99 Å². The number of alkyl halides is 3. The van der Waals surface area contributed by atoms with Gasteiger partial charge in [0.2, 0.25) is 0 Å². The first-order chi connectivity index (χ1) is 12.5. The molecule has 2 N–H and O–H groups in total. The molecule has 0 aliphatic carbocycles. The number of nitrogens with zero attached hydrogens (tertiary/aromatic N) is 2. The van der Waals surface area contributed by atoms with Crippen LogP contribution in [0.25, 0.3) is 0 Å². The van der Waals surface area contributed by atoms with Gasteiger partial charge in [-0.25, -0.2) is 8.42 Å². The van der Waals surface area contributed by atoms with Crippen molar-refractivity contribution in [3.63, 3.8) is 0 Å². The number of sulfonamides is 1. The molecule has 0 atom stereocenters. The average molecular weight is 575 g/mol. The highest BCUT2D eigenvalue weighted by Crippen LogP contribution is 2.29. The van der Waals surface area contributed by atoms with E-state index in [1.165, 1.54) is 0 Å². The molecule has 160 valence electrons. The summed E-state index contributed by atoms with van der Waals surface area (Å²) in [5, 5.41) is 7.16. The zero-order valence-electron chi connectivity index (χ0n) is 14.8. The van der Waals surface area contributed by atoms with Crippen LogP contribution in [0.15, 0.2) is 23.2 Å². The van der Waals surface area contributed by atoms with Crippen LogP contribution in [0, 0.1) is 0 Å². The normalized spacial score (nSPS) is 17.1. The van der Waals surface area contributed by atoms with Crippen molar-refractivity contribution in [2.45, 2.75) is 30.9 Å². The molecule has 1 aliphatic heterocycles. The molecule has 0 spiro atoms. The third kappa shape index (κ3) is 6.51. The van der Waals surface area contributed by atoms with Crippen LogP contribution in [-0.4, -0.2) is 50.4 Å². The monoisotopic (exact) mass is 574 g/mol. The third-order valence-electron chi connectivity index (χ3n) is 4.11. The Morgan fingerprint density at radius 2 is 1.89 bits per heavy atom. The molecule has 0 amide bonds. The summed E-state index contributed by atoms with van der Waals surface area (Å²) in [4.78, 5) is 4.06. The smallest absolute Gasteiger partial charge is 0.354 e. The van der Waals surface area contributed by atoms with Crippen LogP contribution in [0.2, 0.25) is 10.0 Å². The average Bonchev–Trinajstić information content (AvgIpc) is 2.59. The molecule has 0 radical (unpaired) electrons. The van der Waals surface area contributed by atoms with Crippen LogP contribution in [0.3, 0.4) is 0 Å². The molecule has 0 saturated carbocycles. The molecule has 1 saturated heterocycles. The van der Waals surface area contributed by atoms with E-state index in [1.807, 2.05) is 0 Å². The largest absolute Gasteiger partial charge is 0.511 e. The van der Waals surface area contributed by atoms with Crippen LogP contribution in [0.5, 0.6) is 0 Å². The van der Waals surface area contributed by atoms with E-state index in [0.29, 0.717) is 26.9 Å². The first-order valence-corrected chi connectivity index (χ1v) is 10.2. The summed E-state index contributed by atoms with van der Waals surface area (Å²) in [5.74, 6) is 0.443. The molecule has 0 aromatic heterocycles. The number of hydrogen-bond donors (Lipinski definition) is 2. The summed E-state index contributed by atoms with van der Waals surface area (Å²) < 4.78 is 61.1. The van der Waals surface area contributed by atoms with Gasteiger partial charge in [0, 0.05) is 42.8 Å². The van der Waals surface area contributed by atoms with Gasteiger partial charge in [0.05, 0.1) is 0 Å². The molecule has 6 nitrogen and oxygen atoms in total. The zero-order valence-corrected chi connectivity index (χ0v) is 19.4. The van der Waals surface area contributed by atoms with Crippen molar-refractivity contribution in [1.29, 1.82) is 0 Å². The standard InChI is InChI=1S/C15H19Cl2F3N4O2S.HI/c1-21-14(22-9-10-2-3-11(16)8-13(10)17)23-12-4-6-24(7-5-12)27(25,26)15(18,19)20;/h2-3,8,12H,4-7,9H2,1H3,(H2,21,22,23);1H. The quantitative estimate of drug-likeness (QED) is 0.327. The Morgan fingerprint density at radius 1 is 1.29 bits per heavy atom. The van der Waals surface area contributed by atoms with Crippen LogP contribution in [0.1, 0.15) is 18.4 Å². The van der Waals surface area contributed by atoms with E-state index >= 15 is 0 Å². The minimum Gasteiger partial charge on any atom is -0.354 e. The fraction of sp³-hybridized carbons (Fsp3) is 0.533. The second-order valence-corrected chi connectivity index (χ2v) is 8.70. The molecule has 2 rings (SSSR count). The Bertz CT molecular complexity index is 801. The highest BCUT2D eigenvalue weighted by atomic mass is 127. The molecule has 13 heteroatoms.